The van der Waals surface area contributed by atoms with Crippen LogP contribution in [0.1, 0.15) is 24.4 Å². The first-order valence-corrected chi connectivity index (χ1v) is 7.03. The van der Waals surface area contributed by atoms with Crippen molar-refractivity contribution >= 4 is 21.6 Å². The highest BCUT2D eigenvalue weighted by Crippen LogP contribution is 2.24. The number of thiophene rings is 1. The summed E-state index contributed by atoms with van der Waals surface area (Å²) in [4.78, 5) is 8.52. The van der Waals surface area contributed by atoms with Gasteiger partial charge in [-0.05, 0) is 24.4 Å². The summed E-state index contributed by atoms with van der Waals surface area (Å²) in [6.07, 6.45) is 3.10. The summed E-state index contributed by atoms with van der Waals surface area (Å²) in [5.41, 5.74) is 1.79. The molecule has 5 nitrogen and oxygen atoms in total. The Labute approximate surface area is 114 Å². The van der Waals surface area contributed by atoms with Crippen molar-refractivity contribution in [2.75, 3.05) is 0 Å². The molecule has 0 aliphatic carbocycles. The number of aromatic nitrogens is 4. The van der Waals surface area contributed by atoms with E-state index in [9.17, 15) is 5.11 Å². The van der Waals surface area contributed by atoms with E-state index < -0.39 is 6.10 Å². The van der Waals surface area contributed by atoms with Gasteiger partial charge in [0, 0.05) is 24.7 Å². The van der Waals surface area contributed by atoms with E-state index in [0.29, 0.717) is 6.42 Å². The van der Waals surface area contributed by atoms with Crippen molar-refractivity contribution in [1.82, 2.24) is 19.7 Å². The second-order valence-electron chi connectivity index (χ2n) is 4.28. The third kappa shape index (κ3) is 2.36. The minimum absolute atomic E-state index is 0.451. The molecule has 1 unspecified atom stereocenters. The predicted molar refractivity (Wildman–Crippen MR) is 74.0 cm³/mol. The molecule has 0 spiro atoms. The van der Waals surface area contributed by atoms with Crippen molar-refractivity contribution in [2.24, 2.45) is 0 Å². The molecule has 3 rings (SSSR count). The summed E-state index contributed by atoms with van der Waals surface area (Å²) in [6, 6.07) is 3.97. The second kappa shape index (κ2) is 5.07. The quantitative estimate of drug-likeness (QED) is 0.792. The van der Waals surface area contributed by atoms with Gasteiger partial charge in [0.2, 0.25) is 0 Å². The highest BCUT2D eigenvalue weighted by Gasteiger charge is 2.14. The van der Waals surface area contributed by atoms with Gasteiger partial charge in [-0.2, -0.15) is 5.10 Å². The van der Waals surface area contributed by atoms with E-state index in [0.717, 1.165) is 28.1 Å². The van der Waals surface area contributed by atoms with Crippen LogP contribution in [0.2, 0.25) is 0 Å². The standard InChI is InChI=1S/C13H14N4OS/c1-2-17-13(15-8-16-17)6-11(18)9-5-12-10(14-7-9)3-4-19-12/h3-5,7-8,11,18H,2,6H2,1H3. The molecule has 3 aromatic heterocycles. The Morgan fingerprint density at radius 2 is 2.32 bits per heavy atom. The molecular weight excluding hydrogens is 260 g/mol. The van der Waals surface area contributed by atoms with Gasteiger partial charge in [0.15, 0.2) is 0 Å². The Morgan fingerprint density at radius 1 is 1.42 bits per heavy atom. The van der Waals surface area contributed by atoms with E-state index in [-0.39, 0.29) is 0 Å². The summed E-state index contributed by atoms with van der Waals surface area (Å²) >= 11 is 1.63. The molecule has 98 valence electrons. The lowest BCUT2D eigenvalue weighted by molar-refractivity contribution is 0.174. The monoisotopic (exact) mass is 274 g/mol. The molecule has 3 aromatic rings. The van der Waals surface area contributed by atoms with Crippen molar-refractivity contribution in [3.8, 4) is 0 Å². The van der Waals surface area contributed by atoms with Crippen molar-refractivity contribution in [1.29, 1.82) is 0 Å². The van der Waals surface area contributed by atoms with Gasteiger partial charge in [0.1, 0.15) is 12.2 Å². The number of nitrogens with zero attached hydrogens (tertiary/aromatic N) is 4. The van der Waals surface area contributed by atoms with Gasteiger partial charge in [-0.1, -0.05) is 0 Å². The third-order valence-corrected chi connectivity index (χ3v) is 3.93. The molecule has 0 aliphatic heterocycles. The summed E-state index contributed by atoms with van der Waals surface area (Å²) in [7, 11) is 0. The number of aliphatic hydroxyl groups is 1. The second-order valence-corrected chi connectivity index (χ2v) is 5.23. The number of pyridine rings is 1. The van der Waals surface area contributed by atoms with Gasteiger partial charge in [0.05, 0.1) is 16.3 Å². The fraction of sp³-hybridized carbons (Fsp3) is 0.308. The highest BCUT2D eigenvalue weighted by molar-refractivity contribution is 7.17. The molecule has 0 saturated carbocycles. The first-order chi connectivity index (χ1) is 9.28. The highest BCUT2D eigenvalue weighted by atomic mass is 32.1. The van der Waals surface area contributed by atoms with Crippen LogP contribution in [0.3, 0.4) is 0 Å². The van der Waals surface area contributed by atoms with E-state index in [1.54, 1.807) is 22.2 Å². The Morgan fingerprint density at radius 3 is 3.16 bits per heavy atom. The maximum Gasteiger partial charge on any atom is 0.138 e. The van der Waals surface area contributed by atoms with E-state index in [4.69, 9.17) is 0 Å². The minimum Gasteiger partial charge on any atom is -0.388 e. The van der Waals surface area contributed by atoms with E-state index in [1.807, 2.05) is 24.4 Å². The molecule has 0 aliphatic rings. The molecular formula is C13H14N4OS. The van der Waals surface area contributed by atoms with Crippen LogP contribution in [0, 0.1) is 0 Å². The summed E-state index contributed by atoms with van der Waals surface area (Å²) in [5.74, 6) is 0.793. The first kappa shape index (κ1) is 12.3. The lowest BCUT2D eigenvalue weighted by Gasteiger charge is -2.10. The zero-order valence-electron chi connectivity index (χ0n) is 10.5. The van der Waals surface area contributed by atoms with E-state index >= 15 is 0 Å². The van der Waals surface area contributed by atoms with Crippen LogP contribution in [-0.2, 0) is 13.0 Å². The maximum absolute atomic E-state index is 10.3. The van der Waals surface area contributed by atoms with Crippen molar-refractivity contribution in [2.45, 2.75) is 26.0 Å². The third-order valence-electron chi connectivity index (χ3n) is 3.08. The molecule has 1 atom stereocenters. The van der Waals surface area contributed by atoms with Gasteiger partial charge in [-0.15, -0.1) is 11.3 Å². The Kier molecular flexibility index (Phi) is 3.27. The summed E-state index contributed by atoms with van der Waals surface area (Å²) in [5, 5.41) is 16.4. The topological polar surface area (TPSA) is 63.8 Å². The maximum atomic E-state index is 10.3. The molecule has 0 fully saturated rings. The lowest BCUT2D eigenvalue weighted by atomic mass is 10.1. The van der Waals surface area contributed by atoms with Gasteiger partial charge in [0.25, 0.3) is 0 Å². The number of aryl methyl sites for hydroxylation is 1. The number of rotatable bonds is 4. The first-order valence-electron chi connectivity index (χ1n) is 6.16. The van der Waals surface area contributed by atoms with Crippen molar-refractivity contribution in [3.63, 3.8) is 0 Å². The lowest BCUT2D eigenvalue weighted by Crippen LogP contribution is -2.09. The van der Waals surface area contributed by atoms with Crippen LogP contribution in [0.5, 0.6) is 0 Å². The molecule has 1 N–H and O–H groups in total. The van der Waals surface area contributed by atoms with Crippen LogP contribution in [-0.4, -0.2) is 24.9 Å². The van der Waals surface area contributed by atoms with Crippen LogP contribution < -0.4 is 0 Å². The summed E-state index contributed by atoms with van der Waals surface area (Å²) < 4.78 is 2.88. The Hall–Kier alpha value is -1.79. The number of hydrogen-bond donors (Lipinski definition) is 1. The van der Waals surface area contributed by atoms with Crippen LogP contribution >= 0.6 is 11.3 Å². The summed E-state index contributed by atoms with van der Waals surface area (Å²) in [6.45, 7) is 2.76. The fourth-order valence-electron chi connectivity index (χ4n) is 2.04. The zero-order valence-corrected chi connectivity index (χ0v) is 11.3. The smallest absolute Gasteiger partial charge is 0.138 e. The molecule has 0 aromatic carbocycles. The van der Waals surface area contributed by atoms with Gasteiger partial charge < -0.3 is 5.11 Å². The Bertz CT molecular complexity index is 691. The molecule has 0 saturated heterocycles. The molecule has 0 bridgehead atoms. The van der Waals surface area contributed by atoms with Gasteiger partial charge in [-0.3, -0.25) is 9.67 Å². The zero-order chi connectivity index (χ0) is 13.2. The SMILES string of the molecule is CCn1ncnc1CC(O)c1cnc2ccsc2c1. The molecule has 3 heterocycles. The Balaban J connectivity index is 1.84. The van der Waals surface area contributed by atoms with Crippen LogP contribution in [0.15, 0.2) is 30.0 Å². The predicted octanol–water partition coefficient (Wildman–Crippen LogP) is 2.18. The molecule has 6 heteroatoms. The van der Waals surface area contributed by atoms with Gasteiger partial charge >= 0.3 is 0 Å². The number of fused-ring (bicyclic) bond motifs is 1. The van der Waals surface area contributed by atoms with E-state index in [2.05, 4.69) is 15.1 Å². The average molecular weight is 274 g/mol. The fourth-order valence-corrected chi connectivity index (χ4v) is 2.83. The molecule has 0 radical (unpaired) electrons. The van der Waals surface area contributed by atoms with Gasteiger partial charge in [-0.25, -0.2) is 4.98 Å². The minimum atomic E-state index is -0.603. The molecule has 0 amide bonds. The largest absolute Gasteiger partial charge is 0.388 e. The van der Waals surface area contributed by atoms with Crippen LogP contribution in [0.4, 0.5) is 0 Å². The number of hydrogen-bond acceptors (Lipinski definition) is 5. The molecule has 19 heavy (non-hydrogen) atoms. The van der Waals surface area contributed by atoms with Crippen molar-refractivity contribution in [3.05, 3.63) is 41.4 Å². The normalized spacial score (nSPS) is 12.9. The number of aliphatic hydroxyl groups excluding tert-OH is 1. The average Bonchev–Trinajstić information content (AvgIpc) is 3.05. The van der Waals surface area contributed by atoms with Crippen molar-refractivity contribution < 1.29 is 5.11 Å². The van der Waals surface area contributed by atoms with E-state index in [1.165, 1.54) is 6.33 Å². The van der Waals surface area contributed by atoms with Crippen LogP contribution in [0.25, 0.3) is 10.2 Å².